The van der Waals surface area contributed by atoms with E-state index in [4.69, 9.17) is 9.47 Å². The molecule has 0 bridgehead atoms. The Kier molecular flexibility index (Phi) is 7.06. The zero-order valence-electron chi connectivity index (χ0n) is 15.2. The van der Waals surface area contributed by atoms with Crippen molar-refractivity contribution in [1.82, 2.24) is 25.4 Å². The van der Waals surface area contributed by atoms with E-state index in [1.54, 1.807) is 20.5 Å². The number of methoxy groups -OCH3 is 1. The second-order valence-corrected chi connectivity index (χ2v) is 5.45. The molecule has 1 aromatic carbocycles. The molecule has 2 N–H and O–H groups in total. The van der Waals surface area contributed by atoms with Gasteiger partial charge >= 0.3 is 0 Å². The molecule has 1 atom stereocenters. The fraction of sp³-hybridized carbons (Fsp3) is 0.471. The summed E-state index contributed by atoms with van der Waals surface area (Å²) in [5.74, 6) is 3.10. The molecule has 0 saturated heterocycles. The van der Waals surface area contributed by atoms with Gasteiger partial charge in [-0.3, -0.25) is 4.99 Å². The molecule has 0 radical (unpaired) electrons. The van der Waals surface area contributed by atoms with Crippen LogP contribution in [0, 0.1) is 0 Å². The molecule has 8 nitrogen and oxygen atoms in total. The monoisotopic (exact) mass is 346 g/mol. The van der Waals surface area contributed by atoms with Gasteiger partial charge in [-0.15, -0.1) is 10.2 Å². The third-order valence-corrected chi connectivity index (χ3v) is 3.61. The molecule has 0 amide bonds. The van der Waals surface area contributed by atoms with E-state index in [2.05, 4.69) is 32.7 Å². The molecule has 0 aliphatic rings. The number of hydrogen-bond acceptors (Lipinski definition) is 5. The molecule has 136 valence electrons. The van der Waals surface area contributed by atoms with Gasteiger partial charge in [-0.05, 0) is 26.0 Å². The minimum Gasteiger partial charge on any atom is -0.497 e. The molecule has 0 spiro atoms. The molecule has 0 aliphatic heterocycles. The fourth-order valence-corrected chi connectivity index (χ4v) is 2.25. The maximum absolute atomic E-state index is 5.89. The van der Waals surface area contributed by atoms with E-state index in [9.17, 15) is 0 Å². The van der Waals surface area contributed by atoms with Crippen LogP contribution in [0.15, 0.2) is 35.6 Å². The lowest BCUT2D eigenvalue weighted by molar-refractivity contribution is 0.223. The topological polar surface area (TPSA) is 85.6 Å². The number of guanidine groups is 1. The van der Waals surface area contributed by atoms with E-state index in [-0.39, 0.29) is 6.10 Å². The van der Waals surface area contributed by atoms with Gasteiger partial charge in [-0.25, -0.2) is 0 Å². The minimum absolute atomic E-state index is 0.0371. The lowest BCUT2D eigenvalue weighted by Crippen LogP contribution is -2.41. The van der Waals surface area contributed by atoms with Crippen molar-refractivity contribution in [2.75, 3.05) is 20.7 Å². The van der Waals surface area contributed by atoms with Crippen molar-refractivity contribution >= 4 is 5.96 Å². The van der Waals surface area contributed by atoms with Crippen LogP contribution < -0.4 is 20.1 Å². The zero-order valence-corrected chi connectivity index (χ0v) is 15.2. The molecule has 25 heavy (non-hydrogen) atoms. The minimum atomic E-state index is -0.0371. The van der Waals surface area contributed by atoms with Crippen molar-refractivity contribution in [2.24, 2.45) is 4.99 Å². The van der Waals surface area contributed by atoms with Gasteiger partial charge in [0.05, 0.1) is 20.2 Å². The highest BCUT2D eigenvalue weighted by Crippen LogP contribution is 2.19. The Labute approximate surface area is 148 Å². The molecule has 0 aliphatic carbocycles. The van der Waals surface area contributed by atoms with Gasteiger partial charge in [0.1, 0.15) is 23.9 Å². The smallest absolute Gasteiger partial charge is 0.191 e. The van der Waals surface area contributed by atoms with Crippen LogP contribution >= 0.6 is 0 Å². The first kappa shape index (κ1) is 18.6. The van der Waals surface area contributed by atoms with Crippen molar-refractivity contribution < 1.29 is 9.47 Å². The molecule has 0 fully saturated rings. The summed E-state index contributed by atoms with van der Waals surface area (Å²) >= 11 is 0. The number of aliphatic imine (C=N–C) groups is 1. The number of rotatable bonds is 8. The van der Waals surface area contributed by atoms with E-state index in [0.29, 0.717) is 19.0 Å². The predicted octanol–water partition coefficient (Wildman–Crippen LogP) is 1.44. The van der Waals surface area contributed by atoms with Crippen LogP contribution in [0.4, 0.5) is 0 Å². The van der Waals surface area contributed by atoms with E-state index in [1.807, 2.05) is 35.8 Å². The number of benzene rings is 1. The molecule has 1 unspecified atom stereocenters. The van der Waals surface area contributed by atoms with Gasteiger partial charge < -0.3 is 24.7 Å². The summed E-state index contributed by atoms with van der Waals surface area (Å²) < 4.78 is 13.1. The first-order chi connectivity index (χ1) is 12.2. The molecule has 1 heterocycles. The van der Waals surface area contributed by atoms with Crippen LogP contribution in [0.2, 0.25) is 0 Å². The summed E-state index contributed by atoms with van der Waals surface area (Å²) in [5, 5.41) is 14.5. The number of hydrogen-bond donors (Lipinski definition) is 2. The maximum Gasteiger partial charge on any atom is 0.191 e. The highest BCUT2D eigenvalue weighted by atomic mass is 16.5. The van der Waals surface area contributed by atoms with Crippen molar-refractivity contribution in [3.63, 3.8) is 0 Å². The van der Waals surface area contributed by atoms with Crippen molar-refractivity contribution in [3.8, 4) is 11.5 Å². The number of nitrogens with one attached hydrogen (secondary N) is 2. The van der Waals surface area contributed by atoms with Gasteiger partial charge in [0.15, 0.2) is 11.8 Å². The van der Waals surface area contributed by atoms with E-state index in [0.717, 1.165) is 23.9 Å². The van der Waals surface area contributed by atoms with Crippen LogP contribution in [0.3, 0.4) is 0 Å². The summed E-state index contributed by atoms with van der Waals surface area (Å²) in [5.41, 5.74) is 0. The largest absolute Gasteiger partial charge is 0.497 e. The Bertz CT molecular complexity index is 685. The Morgan fingerprint density at radius 3 is 2.84 bits per heavy atom. The molecule has 2 aromatic rings. The van der Waals surface area contributed by atoms with Gasteiger partial charge in [0, 0.05) is 19.7 Å². The van der Waals surface area contributed by atoms with E-state index >= 15 is 0 Å². The van der Waals surface area contributed by atoms with Crippen molar-refractivity contribution in [1.29, 1.82) is 0 Å². The summed E-state index contributed by atoms with van der Waals surface area (Å²) in [6, 6.07) is 7.56. The molecular formula is C17H26N6O2. The fourth-order valence-electron chi connectivity index (χ4n) is 2.25. The lowest BCUT2D eigenvalue weighted by atomic mass is 10.3. The van der Waals surface area contributed by atoms with Gasteiger partial charge in [0.25, 0.3) is 0 Å². The third kappa shape index (κ3) is 5.66. The van der Waals surface area contributed by atoms with E-state index in [1.165, 1.54) is 0 Å². The summed E-state index contributed by atoms with van der Waals surface area (Å²) in [6.45, 7) is 6.04. The number of nitrogens with zero attached hydrogens (tertiary/aromatic N) is 4. The quantitative estimate of drug-likeness (QED) is 0.556. The average Bonchev–Trinajstić information content (AvgIpc) is 3.09. The van der Waals surface area contributed by atoms with Crippen LogP contribution in [0.1, 0.15) is 19.7 Å². The molecule has 1 aromatic heterocycles. The second-order valence-electron chi connectivity index (χ2n) is 5.45. The zero-order chi connectivity index (χ0) is 18.1. The summed E-state index contributed by atoms with van der Waals surface area (Å²) in [6.07, 6.45) is 1.68. The standard InChI is InChI=1S/C17H26N6O2/c1-5-23-12-21-22-16(23)11-20-17(18-3)19-10-13(2)25-15-8-6-7-14(9-15)24-4/h6-9,12-13H,5,10-11H2,1-4H3,(H2,18,19,20). The normalized spacial score (nSPS) is 12.6. The molecule has 2 rings (SSSR count). The highest BCUT2D eigenvalue weighted by molar-refractivity contribution is 5.79. The number of aryl methyl sites for hydroxylation is 1. The first-order valence-electron chi connectivity index (χ1n) is 8.28. The van der Waals surface area contributed by atoms with Crippen molar-refractivity contribution in [2.45, 2.75) is 33.0 Å². The predicted molar refractivity (Wildman–Crippen MR) is 97.0 cm³/mol. The lowest BCUT2D eigenvalue weighted by Gasteiger charge is -2.18. The van der Waals surface area contributed by atoms with E-state index < -0.39 is 0 Å². The second kappa shape index (κ2) is 9.51. The summed E-state index contributed by atoms with van der Waals surface area (Å²) in [7, 11) is 3.37. The molecule has 0 saturated carbocycles. The molecular weight excluding hydrogens is 320 g/mol. The SMILES string of the molecule is CCn1cnnc1CNC(=NC)NCC(C)Oc1cccc(OC)c1. The maximum atomic E-state index is 5.89. The Balaban J connectivity index is 1.79. The number of aromatic nitrogens is 3. The van der Waals surface area contributed by atoms with Crippen LogP contribution in [0.5, 0.6) is 11.5 Å². The third-order valence-electron chi connectivity index (χ3n) is 3.61. The van der Waals surface area contributed by atoms with Gasteiger partial charge in [-0.1, -0.05) is 6.07 Å². The Hall–Kier alpha value is -2.77. The molecule has 8 heteroatoms. The highest BCUT2D eigenvalue weighted by Gasteiger charge is 2.08. The average molecular weight is 346 g/mol. The van der Waals surface area contributed by atoms with Crippen LogP contribution in [-0.4, -0.2) is 47.5 Å². The van der Waals surface area contributed by atoms with Crippen LogP contribution in [-0.2, 0) is 13.1 Å². The Morgan fingerprint density at radius 1 is 1.32 bits per heavy atom. The van der Waals surface area contributed by atoms with Crippen LogP contribution in [0.25, 0.3) is 0 Å². The summed E-state index contributed by atoms with van der Waals surface area (Å²) in [4.78, 5) is 4.21. The first-order valence-corrected chi connectivity index (χ1v) is 8.28. The Morgan fingerprint density at radius 2 is 2.12 bits per heavy atom. The van der Waals surface area contributed by atoms with Gasteiger partial charge in [-0.2, -0.15) is 0 Å². The van der Waals surface area contributed by atoms with Crippen molar-refractivity contribution in [3.05, 3.63) is 36.4 Å². The van der Waals surface area contributed by atoms with Gasteiger partial charge in [0.2, 0.25) is 0 Å². The number of ether oxygens (including phenoxy) is 2.